The molecule has 3 rings (SSSR count). The second kappa shape index (κ2) is 3.23. The number of hydrogen-bond donors (Lipinski definition) is 1. The highest BCUT2D eigenvalue weighted by Crippen LogP contribution is 2.61. The molecule has 86 valence electrons. The minimum absolute atomic E-state index is 0.359. The first-order valence-corrected chi connectivity index (χ1v) is 6.88. The Bertz CT molecular complexity index is 256. The average Bonchev–Trinajstić information content (AvgIpc) is 2.70. The van der Waals surface area contributed by atoms with Crippen molar-refractivity contribution in [3.8, 4) is 0 Å². The van der Waals surface area contributed by atoms with Gasteiger partial charge in [-0.3, -0.25) is 0 Å². The van der Waals surface area contributed by atoms with Crippen LogP contribution in [0.15, 0.2) is 0 Å². The normalized spacial score (nSPS) is 47.8. The lowest BCUT2D eigenvalue weighted by atomic mass is 9.61. The summed E-state index contributed by atoms with van der Waals surface area (Å²) in [5.41, 5.74) is 0.359. The molecule has 3 aliphatic rings. The van der Waals surface area contributed by atoms with E-state index in [2.05, 4.69) is 26.1 Å². The van der Waals surface area contributed by atoms with E-state index >= 15 is 0 Å². The van der Waals surface area contributed by atoms with Crippen molar-refractivity contribution in [3.63, 3.8) is 0 Å². The third-order valence-electron chi connectivity index (χ3n) is 5.61. The lowest BCUT2D eigenvalue weighted by Crippen LogP contribution is -2.58. The molecule has 3 aliphatic carbocycles. The zero-order valence-corrected chi connectivity index (χ0v) is 10.4. The van der Waals surface area contributed by atoms with Crippen LogP contribution in [0.1, 0.15) is 52.9 Å². The van der Waals surface area contributed by atoms with Crippen molar-refractivity contribution in [2.75, 3.05) is 0 Å². The molecular weight excluding hydrogens is 182 g/mol. The summed E-state index contributed by atoms with van der Waals surface area (Å²) in [5, 5.41) is 3.90. The molecule has 1 heteroatoms. The van der Waals surface area contributed by atoms with Crippen molar-refractivity contribution in [2.24, 2.45) is 23.7 Å². The molecule has 2 unspecified atom stereocenters. The van der Waals surface area contributed by atoms with Gasteiger partial charge in [0.25, 0.3) is 0 Å². The largest absolute Gasteiger partial charge is 0.309 e. The quantitative estimate of drug-likeness (QED) is 0.749. The van der Waals surface area contributed by atoms with Gasteiger partial charge >= 0.3 is 0 Å². The van der Waals surface area contributed by atoms with Crippen molar-refractivity contribution in [3.05, 3.63) is 0 Å². The second-order valence-electron chi connectivity index (χ2n) is 6.80. The van der Waals surface area contributed by atoms with Crippen LogP contribution in [0.5, 0.6) is 0 Å². The van der Waals surface area contributed by atoms with E-state index in [1.165, 1.54) is 19.3 Å². The summed E-state index contributed by atoms with van der Waals surface area (Å²) < 4.78 is 0. The van der Waals surface area contributed by atoms with Crippen molar-refractivity contribution in [2.45, 2.75) is 64.5 Å². The molecule has 0 aromatic heterocycles. The van der Waals surface area contributed by atoms with Crippen molar-refractivity contribution < 1.29 is 0 Å². The summed E-state index contributed by atoms with van der Waals surface area (Å²) in [6.07, 6.45) is 7.39. The molecule has 0 amide bonds. The molecule has 3 saturated carbocycles. The van der Waals surface area contributed by atoms with Gasteiger partial charge in [-0.1, -0.05) is 6.92 Å². The van der Waals surface area contributed by atoms with Gasteiger partial charge < -0.3 is 5.32 Å². The fourth-order valence-electron chi connectivity index (χ4n) is 4.45. The Balaban J connectivity index is 1.63. The zero-order valence-electron chi connectivity index (χ0n) is 10.4. The van der Waals surface area contributed by atoms with E-state index in [0.717, 1.165) is 29.7 Å². The van der Waals surface area contributed by atoms with Gasteiger partial charge in [0.15, 0.2) is 0 Å². The molecular formula is C14H25N. The van der Waals surface area contributed by atoms with Gasteiger partial charge in [0.05, 0.1) is 0 Å². The van der Waals surface area contributed by atoms with Crippen LogP contribution in [0.3, 0.4) is 0 Å². The highest BCUT2D eigenvalue weighted by molar-refractivity contribution is 5.09. The predicted octanol–water partition coefficient (Wildman–Crippen LogP) is 3.20. The van der Waals surface area contributed by atoms with Gasteiger partial charge in [0, 0.05) is 11.6 Å². The summed E-state index contributed by atoms with van der Waals surface area (Å²) in [6.45, 7) is 7.00. The van der Waals surface area contributed by atoms with Gasteiger partial charge in [0.1, 0.15) is 0 Å². The van der Waals surface area contributed by atoms with Gasteiger partial charge in [0.2, 0.25) is 0 Å². The second-order valence-corrected chi connectivity index (χ2v) is 6.80. The fourth-order valence-corrected chi connectivity index (χ4v) is 4.45. The minimum Gasteiger partial charge on any atom is -0.309 e. The first-order chi connectivity index (χ1) is 7.11. The first-order valence-electron chi connectivity index (χ1n) is 6.88. The predicted molar refractivity (Wildman–Crippen MR) is 63.7 cm³/mol. The van der Waals surface area contributed by atoms with E-state index in [0.29, 0.717) is 5.54 Å². The fraction of sp³-hybridized carbons (Fsp3) is 1.00. The van der Waals surface area contributed by atoms with Crippen LogP contribution >= 0.6 is 0 Å². The van der Waals surface area contributed by atoms with E-state index in [1.807, 2.05) is 0 Å². The summed E-state index contributed by atoms with van der Waals surface area (Å²) >= 11 is 0. The van der Waals surface area contributed by atoms with Crippen LogP contribution < -0.4 is 5.32 Å². The topological polar surface area (TPSA) is 12.0 Å². The smallest absolute Gasteiger partial charge is 0.0125 e. The van der Waals surface area contributed by atoms with Crippen LogP contribution in [0.25, 0.3) is 0 Å². The minimum atomic E-state index is 0.359. The van der Waals surface area contributed by atoms with Gasteiger partial charge in [-0.2, -0.15) is 0 Å². The average molecular weight is 207 g/mol. The molecule has 5 atom stereocenters. The molecule has 3 fully saturated rings. The van der Waals surface area contributed by atoms with Crippen LogP contribution in [-0.2, 0) is 0 Å². The molecule has 0 aromatic carbocycles. The van der Waals surface area contributed by atoms with E-state index in [9.17, 15) is 0 Å². The lowest BCUT2D eigenvalue weighted by Gasteiger charge is -2.50. The molecule has 15 heavy (non-hydrogen) atoms. The Morgan fingerprint density at radius 2 is 1.87 bits per heavy atom. The highest BCUT2D eigenvalue weighted by atomic mass is 15.0. The molecule has 0 heterocycles. The molecule has 0 saturated heterocycles. The number of rotatable bonds is 3. The van der Waals surface area contributed by atoms with Gasteiger partial charge in [-0.15, -0.1) is 0 Å². The molecule has 0 aromatic rings. The maximum Gasteiger partial charge on any atom is 0.0125 e. The number of nitrogens with one attached hydrogen (secondary N) is 1. The Morgan fingerprint density at radius 3 is 2.53 bits per heavy atom. The first kappa shape index (κ1) is 10.1. The summed E-state index contributed by atoms with van der Waals surface area (Å²) in [4.78, 5) is 0. The molecule has 1 N–H and O–H groups in total. The molecule has 0 radical (unpaired) electrons. The molecule has 0 aliphatic heterocycles. The summed E-state index contributed by atoms with van der Waals surface area (Å²) in [6, 6.07) is 0.861. The standard InChI is InChI=1S/C14H25N/c1-4-14(2,3)15-12-8-11-9-5-6-10(7-9)13(11)12/h9-13,15H,4-8H2,1-3H3/t9?,10?,11-,12-,13+/m0/s1. The number of fused-ring (bicyclic) bond motifs is 5. The SMILES string of the molecule is CCC(C)(C)N[C@H]1C[C@H]2C3CCC(C3)[C@@H]12. The van der Waals surface area contributed by atoms with Crippen LogP contribution in [0.2, 0.25) is 0 Å². The molecule has 2 bridgehead atoms. The van der Waals surface area contributed by atoms with E-state index in [-0.39, 0.29) is 0 Å². The van der Waals surface area contributed by atoms with Gasteiger partial charge in [-0.05, 0) is 69.6 Å². The van der Waals surface area contributed by atoms with E-state index in [1.54, 1.807) is 12.8 Å². The molecule has 0 spiro atoms. The third-order valence-corrected chi connectivity index (χ3v) is 5.61. The van der Waals surface area contributed by atoms with E-state index < -0.39 is 0 Å². The zero-order chi connectivity index (χ0) is 10.6. The van der Waals surface area contributed by atoms with Crippen LogP contribution in [0.4, 0.5) is 0 Å². The maximum absolute atomic E-state index is 3.90. The highest BCUT2D eigenvalue weighted by Gasteiger charge is 2.57. The summed E-state index contributed by atoms with van der Waals surface area (Å²) in [5.74, 6) is 4.41. The van der Waals surface area contributed by atoms with E-state index in [4.69, 9.17) is 0 Å². The Morgan fingerprint density at radius 1 is 1.13 bits per heavy atom. The van der Waals surface area contributed by atoms with Crippen LogP contribution in [-0.4, -0.2) is 11.6 Å². The maximum atomic E-state index is 3.90. The van der Waals surface area contributed by atoms with Crippen molar-refractivity contribution >= 4 is 0 Å². The molecule has 1 nitrogen and oxygen atoms in total. The summed E-state index contributed by atoms with van der Waals surface area (Å²) in [7, 11) is 0. The Labute approximate surface area is 94.0 Å². The Kier molecular flexibility index (Phi) is 2.18. The van der Waals surface area contributed by atoms with Gasteiger partial charge in [-0.25, -0.2) is 0 Å². The van der Waals surface area contributed by atoms with Crippen molar-refractivity contribution in [1.82, 2.24) is 5.32 Å². The van der Waals surface area contributed by atoms with Crippen LogP contribution in [0, 0.1) is 23.7 Å². The monoisotopic (exact) mass is 207 g/mol. The lowest BCUT2D eigenvalue weighted by molar-refractivity contribution is 0.0325. The Hall–Kier alpha value is -0.0400. The van der Waals surface area contributed by atoms with Crippen molar-refractivity contribution in [1.29, 1.82) is 0 Å². The third kappa shape index (κ3) is 1.46. The number of hydrogen-bond acceptors (Lipinski definition) is 1.